The molecular formula is C24H32N4O2. The Balaban J connectivity index is 1.38. The Morgan fingerprint density at radius 2 is 2.07 bits per heavy atom. The van der Waals surface area contributed by atoms with Gasteiger partial charge in [-0.05, 0) is 56.8 Å². The van der Waals surface area contributed by atoms with Crippen molar-refractivity contribution in [2.75, 3.05) is 20.2 Å². The summed E-state index contributed by atoms with van der Waals surface area (Å²) in [6.07, 6.45) is 6.48. The first-order valence-corrected chi connectivity index (χ1v) is 11.3. The van der Waals surface area contributed by atoms with E-state index in [0.29, 0.717) is 24.4 Å². The molecule has 0 radical (unpaired) electrons. The molecule has 5 rings (SSSR count). The largest absolute Gasteiger partial charge is 0.497 e. The molecule has 6 nitrogen and oxygen atoms in total. The van der Waals surface area contributed by atoms with Gasteiger partial charge in [-0.15, -0.1) is 0 Å². The highest BCUT2D eigenvalue weighted by atomic mass is 16.5. The predicted molar refractivity (Wildman–Crippen MR) is 115 cm³/mol. The summed E-state index contributed by atoms with van der Waals surface area (Å²) in [7, 11) is 1.68. The molecule has 30 heavy (non-hydrogen) atoms. The van der Waals surface area contributed by atoms with Gasteiger partial charge in [0.05, 0.1) is 12.8 Å². The molecule has 3 aliphatic rings. The fraction of sp³-hybridized carbons (Fsp3) is 0.583. The summed E-state index contributed by atoms with van der Waals surface area (Å²) in [5, 5.41) is 4.74. The second kappa shape index (κ2) is 7.41. The first-order valence-electron chi connectivity index (χ1n) is 11.3. The monoisotopic (exact) mass is 408 g/mol. The molecule has 0 bridgehead atoms. The van der Waals surface area contributed by atoms with Crippen molar-refractivity contribution in [2.24, 2.45) is 5.92 Å². The summed E-state index contributed by atoms with van der Waals surface area (Å²) in [6, 6.07) is 8.42. The van der Waals surface area contributed by atoms with E-state index in [9.17, 15) is 4.79 Å². The summed E-state index contributed by atoms with van der Waals surface area (Å²) in [6.45, 7) is 7.82. The Morgan fingerprint density at radius 3 is 2.80 bits per heavy atom. The van der Waals surface area contributed by atoms with Gasteiger partial charge in [-0.3, -0.25) is 14.4 Å². The van der Waals surface area contributed by atoms with Crippen molar-refractivity contribution < 1.29 is 9.53 Å². The molecule has 2 aromatic rings. The van der Waals surface area contributed by atoms with Gasteiger partial charge in [-0.1, -0.05) is 19.1 Å². The molecule has 3 saturated heterocycles. The van der Waals surface area contributed by atoms with Gasteiger partial charge in [0, 0.05) is 43.4 Å². The van der Waals surface area contributed by atoms with E-state index in [1.807, 2.05) is 12.1 Å². The van der Waals surface area contributed by atoms with Crippen LogP contribution in [0.5, 0.6) is 5.75 Å². The van der Waals surface area contributed by atoms with Crippen LogP contribution in [-0.2, 0) is 17.9 Å². The van der Waals surface area contributed by atoms with E-state index in [-0.39, 0.29) is 5.54 Å². The Labute approximate surface area is 178 Å². The van der Waals surface area contributed by atoms with Crippen LogP contribution >= 0.6 is 0 Å². The zero-order valence-electron chi connectivity index (χ0n) is 18.3. The van der Waals surface area contributed by atoms with Crippen molar-refractivity contribution in [2.45, 2.75) is 64.2 Å². The third-order valence-electron chi connectivity index (χ3n) is 7.46. The topological polar surface area (TPSA) is 50.6 Å². The number of amides is 1. The van der Waals surface area contributed by atoms with E-state index < -0.39 is 0 Å². The fourth-order valence-corrected chi connectivity index (χ4v) is 6.17. The number of rotatable bonds is 6. The van der Waals surface area contributed by atoms with E-state index in [1.54, 1.807) is 7.11 Å². The first-order chi connectivity index (χ1) is 14.6. The van der Waals surface area contributed by atoms with Crippen LogP contribution in [0.2, 0.25) is 0 Å². The maximum absolute atomic E-state index is 13.7. The van der Waals surface area contributed by atoms with Gasteiger partial charge in [-0.25, -0.2) is 0 Å². The molecule has 0 aliphatic carbocycles. The van der Waals surface area contributed by atoms with Crippen molar-refractivity contribution in [1.82, 2.24) is 19.6 Å². The number of likely N-dealkylation sites (tertiary alicyclic amines) is 1. The number of aryl methyl sites for hydroxylation is 2. The number of benzene rings is 1. The summed E-state index contributed by atoms with van der Waals surface area (Å²) >= 11 is 0. The number of hydrogen-bond acceptors (Lipinski definition) is 4. The lowest BCUT2D eigenvalue weighted by molar-refractivity contribution is -0.137. The highest BCUT2D eigenvalue weighted by Crippen LogP contribution is 2.56. The van der Waals surface area contributed by atoms with Gasteiger partial charge in [0.15, 0.2) is 0 Å². The van der Waals surface area contributed by atoms with Crippen molar-refractivity contribution in [3.63, 3.8) is 0 Å². The molecule has 0 unspecified atom stereocenters. The van der Waals surface area contributed by atoms with Crippen LogP contribution in [-0.4, -0.2) is 51.2 Å². The minimum absolute atomic E-state index is 0.295. The summed E-state index contributed by atoms with van der Waals surface area (Å²) in [4.78, 5) is 18.4. The quantitative estimate of drug-likeness (QED) is 0.734. The number of carbonyl (C=O) groups excluding carboxylic acids is 1. The highest BCUT2D eigenvalue weighted by Gasteiger charge is 2.65. The van der Waals surface area contributed by atoms with Crippen LogP contribution < -0.4 is 4.74 Å². The lowest BCUT2D eigenvalue weighted by Crippen LogP contribution is -2.49. The van der Waals surface area contributed by atoms with Crippen LogP contribution in [0.25, 0.3) is 0 Å². The molecule has 1 aromatic heterocycles. The smallest absolute Gasteiger partial charge is 0.243 e. The summed E-state index contributed by atoms with van der Waals surface area (Å²) in [5.74, 6) is 1.59. The average molecular weight is 409 g/mol. The Morgan fingerprint density at radius 1 is 1.27 bits per heavy atom. The van der Waals surface area contributed by atoms with Crippen LogP contribution in [0.1, 0.15) is 55.5 Å². The van der Waals surface area contributed by atoms with Gasteiger partial charge < -0.3 is 9.64 Å². The van der Waals surface area contributed by atoms with E-state index in [4.69, 9.17) is 9.84 Å². The maximum atomic E-state index is 13.7. The Kier molecular flexibility index (Phi) is 4.85. The first kappa shape index (κ1) is 19.6. The molecule has 6 heteroatoms. The molecule has 160 valence electrons. The molecule has 1 amide bonds. The zero-order chi connectivity index (χ0) is 20.9. The van der Waals surface area contributed by atoms with Gasteiger partial charge in [0.1, 0.15) is 11.3 Å². The highest BCUT2D eigenvalue weighted by molar-refractivity contribution is 5.90. The number of methoxy groups -OCH3 is 1. The predicted octanol–water partition coefficient (Wildman–Crippen LogP) is 3.55. The van der Waals surface area contributed by atoms with Crippen molar-refractivity contribution in [1.29, 1.82) is 0 Å². The maximum Gasteiger partial charge on any atom is 0.243 e. The second-order valence-electron chi connectivity index (χ2n) is 9.14. The van der Waals surface area contributed by atoms with Crippen molar-refractivity contribution in [3.05, 3.63) is 47.3 Å². The van der Waals surface area contributed by atoms with Crippen molar-refractivity contribution in [3.8, 4) is 5.75 Å². The Hall–Kier alpha value is -2.34. The SMILES string of the molecule is CCCn1cc([C@@H]2C[C@H]3CN(Cc4ccc(OC)cc4)C(=O)[C@]34CCCN24)c(C)n1. The molecule has 3 atom stereocenters. The van der Waals surface area contributed by atoms with E-state index in [0.717, 1.165) is 56.8 Å². The van der Waals surface area contributed by atoms with Gasteiger partial charge in [0.25, 0.3) is 0 Å². The molecule has 0 saturated carbocycles. The minimum Gasteiger partial charge on any atom is -0.497 e. The van der Waals surface area contributed by atoms with Gasteiger partial charge in [-0.2, -0.15) is 5.10 Å². The van der Waals surface area contributed by atoms with Gasteiger partial charge in [0.2, 0.25) is 5.91 Å². The molecule has 4 heterocycles. The second-order valence-corrected chi connectivity index (χ2v) is 9.14. The number of carbonyl (C=O) groups is 1. The molecule has 3 fully saturated rings. The molecule has 1 aromatic carbocycles. The molecule has 0 N–H and O–H groups in total. The number of aromatic nitrogens is 2. The minimum atomic E-state index is -0.295. The van der Waals surface area contributed by atoms with Crippen LogP contribution in [0.15, 0.2) is 30.5 Å². The standard InChI is InChI=1S/C24H32N4O2/c1-4-11-27-16-21(17(2)25-27)22-13-19-15-26(14-18-6-8-20(30-3)9-7-18)23(29)24(19)10-5-12-28(22)24/h6-9,16,19,22H,4-5,10-15H2,1-3H3/t19-,22-,24-/m0/s1. The summed E-state index contributed by atoms with van der Waals surface area (Å²) in [5.41, 5.74) is 3.32. The van der Waals surface area contributed by atoms with Crippen LogP contribution in [0, 0.1) is 12.8 Å². The van der Waals surface area contributed by atoms with Crippen molar-refractivity contribution >= 4 is 5.91 Å². The number of ether oxygens (including phenoxy) is 1. The van der Waals surface area contributed by atoms with Crippen LogP contribution in [0.4, 0.5) is 0 Å². The number of nitrogens with zero attached hydrogens (tertiary/aromatic N) is 4. The normalized spacial score (nSPS) is 28.2. The zero-order valence-corrected chi connectivity index (χ0v) is 18.3. The average Bonchev–Trinajstić information content (AvgIpc) is 3.46. The van der Waals surface area contributed by atoms with E-state index in [2.05, 4.69) is 46.7 Å². The third-order valence-corrected chi connectivity index (χ3v) is 7.46. The van der Waals surface area contributed by atoms with E-state index >= 15 is 0 Å². The fourth-order valence-electron chi connectivity index (χ4n) is 6.17. The Bertz CT molecular complexity index is 937. The molecule has 1 spiro atoms. The van der Waals surface area contributed by atoms with Crippen LogP contribution in [0.3, 0.4) is 0 Å². The molecular weight excluding hydrogens is 376 g/mol. The summed E-state index contributed by atoms with van der Waals surface area (Å²) < 4.78 is 7.35. The third kappa shape index (κ3) is 2.88. The van der Waals surface area contributed by atoms with E-state index in [1.165, 1.54) is 11.1 Å². The molecule has 3 aliphatic heterocycles. The lowest BCUT2D eigenvalue weighted by Gasteiger charge is -2.33. The van der Waals surface area contributed by atoms with Gasteiger partial charge >= 0.3 is 0 Å². The number of hydrogen-bond donors (Lipinski definition) is 0. The lowest BCUT2D eigenvalue weighted by atomic mass is 9.85.